The molecule has 0 aromatic heterocycles. The summed E-state index contributed by atoms with van der Waals surface area (Å²) in [7, 11) is 0. The summed E-state index contributed by atoms with van der Waals surface area (Å²) >= 11 is 1.39. The van der Waals surface area contributed by atoms with Crippen molar-refractivity contribution in [2.24, 2.45) is 0 Å². The summed E-state index contributed by atoms with van der Waals surface area (Å²) in [4.78, 5) is 36.1. The van der Waals surface area contributed by atoms with Crippen molar-refractivity contribution in [1.29, 1.82) is 0 Å². The van der Waals surface area contributed by atoms with Gasteiger partial charge >= 0.3 is 5.97 Å². The number of aliphatic carboxylic acids is 1. The van der Waals surface area contributed by atoms with E-state index >= 15 is 0 Å². The number of anilines is 2. The lowest BCUT2D eigenvalue weighted by molar-refractivity contribution is -0.138. The molecule has 164 valence electrons. The molecule has 0 saturated heterocycles. The minimum Gasteiger partial charge on any atom is -0.486 e. The van der Waals surface area contributed by atoms with Crippen LogP contribution in [0.1, 0.15) is 26.2 Å². The molecule has 2 aromatic rings. The fourth-order valence-corrected chi connectivity index (χ4v) is 3.93. The smallest absolute Gasteiger partial charge is 0.303 e. The van der Waals surface area contributed by atoms with Crippen LogP contribution in [0.4, 0.5) is 11.4 Å². The first kappa shape index (κ1) is 22.5. The predicted molar refractivity (Wildman–Crippen MR) is 118 cm³/mol. The molecule has 8 nitrogen and oxygen atoms in total. The average molecular weight is 445 g/mol. The second kappa shape index (κ2) is 10.7. The van der Waals surface area contributed by atoms with Crippen molar-refractivity contribution in [3.05, 3.63) is 42.5 Å². The van der Waals surface area contributed by atoms with E-state index in [0.717, 1.165) is 4.90 Å². The maximum Gasteiger partial charge on any atom is 0.303 e. The minimum absolute atomic E-state index is 0.0950. The first-order chi connectivity index (χ1) is 14.9. The molecule has 1 aliphatic heterocycles. The van der Waals surface area contributed by atoms with Crippen LogP contribution in [0.3, 0.4) is 0 Å². The molecule has 1 unspecified atom stereocenters. The van der Waals surface area contributed by atoms with Crippen molar-refractivity contribution in [2.45, 2.75) is 36.3 Å². The number of ether oxygens (including phenoxy) is 2. The van der Waals surface area contributed by atoms with Crippen molar-refractivity contribution in [3.63, 3.8) is 0 Å². The normalized spacial score (nSPS) is 13.2. The third-order valence-electron chi connectivity index (χ3n) is 4.43. The molecule has 1 aliphatic rings. The summed E-state index contributed by atoms with van der Waals surface area (Å²) in [5.41, 5.74) is 1.19. The number of fused-ring (bicyclic) bond motifs is 1. The van der Waals surface area contributed by atoms with Crippen LogP contribution in [0.15, 0.2) is 47.4 Å². The van der Waals surface area contributed by atoms with Crippen LogP contribution in [0.25, 0.3) is 0 Å². The summed E-state index contributed by atoms with van der Waals surface area (Å²) in [6.07, 6.45) is 0.288. The van der Waals surface area contributed by atoms with E-state index in [1.54, 1.807) is 36.4 Å². The lowest BCUT2D eigenvalue weighted by Gasteiger charge is -2.20. The number of thioether (sulfide) groups is 1. The Hall–Kier alpha value is -3.20. The summed E-state index contributed by atoms with van der Waals surface area (Å²) in [6.45, 7) is 2.91. The number of benzene rings is 2. The van der Waals surface area contributed by atoms with Gasteiger partial charge in [-0.2, -0.15) is 0 Å². The molecule has 3 N–H and O–H groups in total. The molecular weight excluding hydrogens is 420 g/mol. The number of hydrogen-bond acceptors (Lipinski definition) is 6. The van der Waals surface area contributed by atoms with Crippen LogP contribution in [-0.2, 0) is 14.4 Å². The van der Waals surface area contributed by atoms with Crippen LogP contribution in [0.2, 0.25) is 0 Å². The summed E-state index contributed by atoms with van der Waals surface area (Å²) < 4.78 is 11.1. The molecule has 0 spiro atoms. The van der Waals surface area contributed by atoms with Gasteiger partial charge in [-0.15, -0.1) is 11.8 Å². The zero-order chi connectivity index (χ0) is 22.2. The van der Waals surface area contributed by atoms with Gasteiger partial charge in [0, 0.05) is 28.8 Å². The van der Waals surface area contributed by atoms with E-state index in [9.17, 15) is 14.4 Å². The highest BCUT2D eigenvalue weighted by atomic mass is 32.2. The van der Waals surface area contributed by atoms with Gasteiger partial charge in [0.15, 0.2) is 11.5 Å². The second-order valence-corrected chi connectivity index (χ2v) is 8.11. The first-order valence-electron chi connectivity index (χ1n) is 9.93. The van der Waals surface area contributed by atoms with Crippen molar-refractivity contribution < 1.29 is 29.0 Å². The van der Waals surface area contributed by atoms with E-state index in [2.05, 4.69) is 10.6 Å². The van der Waals surface area contributed by atoms with E-state index < -0.39 is 5.97 Å². The van der Waals surface area contributed by atoms with Gasteiger partial charge in [0.25, 0.3) is 0 Å². The number of hydrogen-bond donors (Lipinski definition) is 3. The van der Waals surface area contributed by atoms with E-state index in [1.807, 2.05) is 13.0 Å². The Morgan fingerprint density at radius 3 is 2.48 bits per heavy atom. The van der Waals surface area contributed by atoms with Crippen molar-refractivity contribution in [2.75, 3.05) is 23.8 Å². The van der Waals surface area contributed by atoms with Gasteiger partial charge in [0.1, 0.15) is 13.2 Å². The molecule has 2 aromatic carbocycles. The molecule has 0 radical (unpaired) electrons. The van der Waals surface area contributed by atoms with E-state index in [1.165, 1.54) is 11.8 Å². The monoisotopic (exact) mass is 444 g/mol. The number of carbonyl (C=O) groups is 3. The van der Waals surface area contributed by atoms with Crippen molar-refractivity contribution >= 4 is 40.9 Å². The zero-order valence-corrected chi connectivity index (χ0v) is 17.9. The Balaban J connectivity index is 1.60. The predicted octanol–water partition coefficient (Wildman–Crippen LogP) is 3.77. The number of nitrogens with one attached hydrogen (secondary N) is 2. The molecule has 3 rings (SSSR count). The summed E-state index contributed by atoms with van der Waals surface area (Å²) in [6, 6.07) is 12.4. The van der Waals surface area contributed by atoms with Crippen LogP contribution in [0, 0.1) is 0 Å². The molecular formula is C22H24N2O6S. The average Bonchev–Trinajstić information content (AvgIpc) is 2.76. The van der Waals surface area contributed by atoms with Crippen LogP contribution in [-0.4, -0.2) is 41.4 Å². The van der Waals surface area contributed by atoms with Crippen LogP contribution < -0.4 is 20.1 Å². The van der Waals surface area contributed by atoms with Gasteiger partial charge < -0.3 is 25.2 Å². The Bertz CT molecular complexity index is 965. The quantitative estimate of drug-likeness (QED) is 0.505. The second-order valence-electron chi connectivity index (χ2n) is 6.83. The molecule has 0 saturated carbocycles. The van der Waals surface area contributed by atoms with E-state index in [4.69, 9.17) is 14.6 Å². The lowest BCUT2D eigenvalue weighted by Crippen LogP contribution is -2.24. The van der Waals surface area contributed by atoms with Gasteiger partial charge in [0.2, 0.25) is 11.8 Å². The van der Waals surface area contributed by atoms with Gasteiger partial charge in [-0.05, 0) is 36.8 Å². The number of carboxylic acids is 1. The summed E-state index contributed by atoms with van der Waals surface area (Å²) in [5, 5.41) is 13.9. The van der Waals surface area contributed by atoms with Gasteiger partial charge in [-0.3, -0.25) is 14.4 Å². The fraction of sp³-hybridized carbons (Fsp3) is 0.318. The Morgan fingerprint density at radius 2 is 1.74 bits per heavy atom. The minimum atomic E-state index is -1.02. The van der Waals surface area contributed by atoms with E-state index in [-0.39, 0.29) is 29.9 Å². The molecule has 1 atom stereocenters. The zero-order valence-electron chi connectivity index (χ0n) is 17.1. The Labute approximate surface area is 184 Å². The van der Waals surface area contributed by atoms with Crippen molar-refractivity contribution in [3.8, 4) is 11.5 Å². The Kier molecular flexibility index (Phi) is 7.77. The third kappa shape index (κ3) is 6.65. The maximum atomic E-state index is 12.8. The fourth-order valence-electron chi connectivity index (χ4n) is 2.92. The maximum absolute atomic E-state index is 12.8. The Morgan fingerprint density at radius 1 is 1.00 bits per heavy atom. The third-order valence-corrected chi connectivity index (χ3v) is 5.79. The lowest BCUT2D eigenvalue weighted by atomic mass is 10.2. The van der Waals surface area contributed by atoms with E-state index in [0.29, 0.717) is 42.5 Å². The summed E-state index contributed by atoms with van der Waals surface area (Å²) in [5.74, 6) is -0.258. The highest BCUT2D eigenvalue weighted by Gasteiger charge is 2.20. The number of rotatable bonds is 9. The standard InChI is InChI=1S/C22H24N2O6S/c1-2-19(22(28)24-15-6-7-17-18(13-15)30-11-10-29-17)31-16-5-3-4-14(12-16)23-20(25)8-9-21(26)27/h3-7,12-13,19H,2,8-11H2,1H3,(H,23,25)(H,24,28)(H,26,27). The van der Waals surface area contributed by atoms with Gasteiger partial charge in [-0.25, -0.2) is 0 Å². The molecule has 1 heterocycles. The van der Waals surface area contributed by atoms with Crippen LogP contribution in [0.5, 0.6) is 11.5 Å². The molecule has 9 heteroatoms. The number of carboxylic acid groups (broad SMARTS) is 1. The highest BCUT2D eigenvalue weighted by Crippen LogP contribution is 2.33. The molecule has 0 aliphatic carbocycles. The highest BCUT2D eigenvalue weighted by molar-refractivity contribution is 8.00. The van der Waals surface area contributed by atoms with Gasteiger partial charge in [0.05, 0.1) is 11.7 Å². The van der Waals surface area contributed by atoms with Gasteiger partial charge in [-0.1, -0.05) is 13.0 Å². The largest absolute Gasteiger partial charge is 0.486 e. The molecule has 0 fully saturated rings. The number of amides is 2. The number of carbonyl (C=O) groups excluding carboxylic acids is 2. The molecule has 0 bridgehead atoms. The molecule has 31 heavy (non-hydrogen) atoms. The first-order valence-corrected chi connectivity index (χ1v) is 10.8. The van der Waals surface area contributed by atoms with Crippen molar-refractivity contribution in [1.82, 2.24) is 0 Å². The topological polar surface area (TPSA) is 114 Å². The van der Waals surface area contributed by atoms with Crippen LogP contribution >= 0.6 is 11.8 Å². The SMILES string of the molecule is CCC(Sc1cccc(NC(=O)CCC(=O)O)c1)C(=O)Nc1ccc2c(c1)OCCO2. The molecule has 2 amide bonds.